The maximum Gasteiger partial charge on any atom is 0.366 e. The van der Waals surface area contributed by atoms with Crippen molar-refractivity contribution < 1.29 is 23.9 Å². The quantitative estimate of drug-likeness (QED) is 0.546. The van der Waals surface area contributed by atoms with Crippen molar-refractivity contribution in [1.29, 1.82) is 0 Å². The van der Waals surface area contributed by atoms with Crippen molar-refractivity contribution in [3.05, 3.63) is 10.9 Å². The highest BCUT2D eigenvalue weighted by Gasteiger charge is 2.33. The fraction of sp³-hybridized carbons (Fsp3) is 0.667. The molecule has 0 aliphatic rings. The van der Waals surface area contributed by atoms with Crippen molar-refractivity contribution in [3.63, 3.8) is 0 Å². The zero-order valence-corrected chi connectivity index (χ0v) is 10.1. The highest BCUT2D eigenvalue weighted by Crippen LogP contribution is 2.52. The van der Waals surface area contributed by atoms with Crippen LogP contribution in [-0.4, -0.2) is 22.6 Å². The number of hydrogen-bond donors (Lipinski definition) is 2. The van der Waals surface area contributed by atoms with Crippen LogP contribution in [0.5, 0.6) is 0 Å². The molecule has 0 fully saturated rings. The van der Waals surface area contributed by atoms with Crippen LogP contribution in [0.4, 0.5) is 0 Å². The van der Waals surface area contributed by atoms with E-state index < -0.39 is 18.9 Å². The summed E-state index contributed by atoms with van der Waals surface area (Å²) in [4.78, 5) is 20.4. The Morgan fingerprint density at radius 2 is 1.73 bits per heavy atom. The van der Waals surface area contributed by atoms with Gasteiger partial charge in [0, 0.05) is 0 Å². The predicted molar refractivity (Wildman–Crippen MR) is 56.7 cm³/mol. The van der Waals surface area contributed by atoms with Crippen LogP contribution in [0.3, 0.4) is 0 Å². The van der Waals surface area contributed by atoms with Gasteiger partial charge in [-0.25, -0.2) is 4.79 Å². The van der Waals surface area contributed by atoms with Crippen LogP contribution in [-0.2, 0) is 13.9 Å². The lowest BCUT2D eigenvalue weighted by Crippen LogP contribution is -2.07. The Morgan fingerprint density at radius 1 is 1.27 bits per heavy atom. The standard InChI is InChI=1S/C9H17O5P/c1-4-7(5-2)8(9(10)11)15(12,13)14-6-3/h4-6H2,1-3H3,(H,10,11)(H,12,13). The monoisotopic (exact) mass is 236 g/mol. The summed E-state index contributed by atoms with van der Waals surface area (Å²) in [7, 11) is -4.17. The topological polar surface area (TPSA) is 83.8 Å². The number of aliphatic carboxylic acids is 1. The average Bonchev–Trinajstić information content (AvgIpc) is 2.12. The lowest BCUT2D eigenvalue weighted by Gasteiger charge is -2.14. The SMILES string of the molecule is CCOP(=O)(O)C(C(=O)O)=C(CC)CC. The summed E-state index contributed by atoms with van der Waals surface area (Å²) in [5.41, 5.74) is 0.446. The minimum absolute atomic E-state index is 0.00522. The normalized spacial score (nSPS) is 14.4. The molecule has 6 heteroatoms. The minimum atomic E-state index is -4.17. The van der Waals surface area contributed by atoms with Gasteiger partial charge < -0.3 is 14.5 Å². The first-order valence-corrected chi connectivity index (χ1v) is 6.41. The summed E-state index contributed by atoms with van der Waals surface area (Å²) in [5.74, 6) is -1.38. The Morgan fingerprint density at radius 3 is 2.00 bits per heavy atom. The van der Waals surface area contributed by atoms with Crippen LogP contribution >= 0.6 is 7.60 Å². The van der Waals surface area contributed by atoms with E-state index >= 15 is 0 Å². The molecule has 0 heterocycles. The van der Waals surface area contributed by atoms with E-state index in [2.05, 4.69) is 4.52 Å². The van der Waals surface area contributed by atoms with Crippen LogP contribution in [0.15, 0.2) is 10.9 Å². The van der Waals surface area contributed by atoms with E-state index in [1.165, 1.54) is 0 Å². The first-order chi connectivity index (χ1) is 6.90. The molecule has 1 unspecified atom stereocenters. The van der Waals surface area contributed by atoms with E-state index in [9.17, 15) is 14.3 Å². The van der Waals surface area contributed by atoms with Gasteiger partial charge in [0.15, 0.2) is 0 Å². The van der Waals surface area contributed by atoms with Gasteiger partial charge in [0.05, 0.1) is 6.61 Å². The molecule has 0 saturated carbocycles. The first kappa shape index (κ1) is 14.4. The largest absolute Gasteiger partial charge is 0.477 e. The Hall–Kier alpha value is -0.640. The molecule has 15 heavy (non-hydrogen) atoms. The lowest BCUT2D eigenvalue weighted by molar-refractivity contribution is -0.132. The first-order valence-electron chi connectivity index (χ1n) is 4.83. The van der Waals surface area contributed by atoms with Crippen molar-refractivity contribution in [3.8, 4) is 0 Å². The van der Waals surface area contributed by atoms with E-state index in [1.807, 2.05) is 0 Å². The van der Waals surface area contributed by atoms with Gasteiger partial charge in [0.25, 0.3) is 0 Å². The molecule has 5 nitrogen and oxygen atoms in total. The van der Waals surface area contributed by atoms with Crippen LogP contribution in [0, 0.1) is 0 Å². The third-order valence-electron chi connectivity index (χ3n) is 1.98. The Labute approximate surface area is 89.3 Å². The van der Waals surface area contributed by atoms with Crippen molar-refractivity contribution in [2.75, 3.05) is 6.61 Å². The van der Waals surface area contributed by atoms with Crippen LogP contribution in [0.25, 0.3) is 0 Å². The van der Waals surface area contributed by atoms with Gasteiger partial charge >= 0.3 is 13.6 Å². The molecule has 0 spiro atoms. The molecule has 0 aromatic rings. The summed E-state index contributed by atoms with van der Waals surface area (Å²) >= 11 is 0. The van der Waals surface area contributed by atoms with E-state index in [-0.39, 0.29) is 6.61 Å². The summed E-state index contributed by atoms with van der Waals surface area (Å²) in [6, 6.07) is 0. The zero-order valence-electron chi connectivity index (χ0n) is 9.19. The Balaban J connectivity index is 5.41. The number of hydrogen-bond acceptors (Lipinski definition) is 3. The molecule has 1 atom stereocenters. The summed E-state index contributed by atoms with van der Waals surface area (Å²) in [5, 5.41) is 8.42. The number of carbonyl (C=O) groups is 1. The molecular formula is C9H17O5P. The molecule has 0 amide bonds. The van der Waals surface area contributed by atoms with Gasteiger partial charge in [-0.15, -0.1) is 0 Å². The van der Waals surface area contributed by atoms with Crippen LogP contribution < -0.4 is 0 Å². The lowest BCUT2D eigenvalue weighted by atomic mass is 10.1. The maximum atomic E-state index is 11.6. The van der Waals surface area contributed by atoms with Gasteiger partial charge in [-0.05, 0) is 25.3 Å². The van der Waals surface area contributed by atoms with Gasteiger partial charge in [-0.1, -0.05) is 13.8 Å². The smallest absolute Gasteiger partial charge is 0.366 e. The molecule has 88 valence electrons. The van der Waals surface area contributed by atoms with Gasteiger partial charge in [0.2, 0.25) is 0 Å². The Bertz CT molecular complexity index is 302. The molecule has 0 radical (unpaired) electrons. The molecule has 0 rings (SSSR count). The highest BCUT2D eigenvalue weighted by molar-refractivity contribution is 7.59. The fourth-order valence-corrected chi connectivity index (χ4v) is 2.73. The van der Waals surface area contributed by atoms with Crippen molar-refractivity contribution in [1.82, 2.24) is 0 Å². The molecule has 0 aromatic heterocycles. The van der Waals surface area contributed by atoms with Crippen molar-refractivity contribution in [2.45, 2.75) is 33.6 Å². The molecule has 0 bridgehead atoms. The van der Waals surface area contributed by atoms with E-state index in [4.69, 9.17) is 5.11 Å². The van der Waals surface area contributed by atoms with Gasteiger partial charge in [-0.3, -0.25) is 4.57 Å². The average molecular weight is 236 g/mol. The number of allylic oxidation sites excluding steroid dienone is 1. The van der Waals surface area contributed by atoms with Crippen LogP contribution in [0.2, 0.25) is 0 Å². The Kier molecular flexibility index (Phi) is 5.80. The molecule has 0 aliphatic heterocycles. The van der Waals surface area contributed by atoms with E-state index in [0.717, 1.165) is 0 Å². The summed E-state index contributed by atoms with van der Waals surface area (Å²) in [6.45, 7) is 5.03. The van der Waals surface area contributed by atoms with E-state index in [1.54, 1.807) is 20.8 Å². The maximum absolute atomic E-state index is 11.6. The second kappa shape index (κ2) is 6.05. The molecule has 0 aromatic carbocycles. The highest BCUT2D eigenvalue weighted by atomic mass is 31.2. The second-order valence-corrected chi connectivity index (χ2v) is 4.65. The number of carboxylic acids is 1. The second-order valence-electron chi connectivity index (χ2n) is 2.90. The molecule has 0 aliphatic carbocycles. The van der Waals surface area contributed by atoms with Gasteiger partial charge in [-0.2, -0.15) is 0 Å². The zero-order chi connectivity index (χ0) is 12.1. The predicted octanol–water partition coefficient (Wildman–Crippen LogP) is 2.37. The third-order valence-corrected chi connectivity index (χ3v) is 3.66. The van der Waals surface area contributed by atoms with Crippen molar-refractivity contribution >= 4 is 13.6 Å². The fourth-order valence-electron chi connectivity index (χ4n) is 1.30. The molecule has 0 saturated heterocycles. The van der Waals surface area contributed by atoms with Crippen LogP contribution in [0.1, 0.15) is 33.6 Å². The van der Waals surface area contributed by atoms with Gasteiger partial charge in [0.1, 0.15) is 5.31 Å². The number of carboxylic acid groups (broad SMARTS) is 1. The van der Waals surface area contributed by atoms with Crippen molar-refractivity contribution in [2.24, 2.45) is 0 Å². The number of rotatable bonds is 6. The summed E-state index contributed by atoms with van der Waals surface area (Å²) < 4.78 is 16.2. The van der Waals surface area contributed by atoms with E-state index in [0.29, 0.717) is 18.4 Å². The summed E-state index contributed by atoms with van der Waals surface area (Å²) in [6.07, 6.45) is 0.853. The minimum Gasteiger partial charge on any atom is -0.477 e. The third kappa shape index (κ3) is 3.78. The molecular weight excluding hydrogens is 219 g/mol. The molecule has 2 N–H and O–H groups in total.